The van der Waals surface area contributed by atoms with Gasteiger partial charge in [0.1, 0.15) is 5.60 Å². The molecule has 3 rings (SSSR count). The fraction of sp³-hybridized carbons (Fsp3) is 0.280. The van der Waals surface area contributed by atoms with Gasteiger partial charge in [-0.2, -0.15) is 0 Å². The van der Waals surface area contributed by atoms with Crippen LogP contribution < -0.4 is 0 Å². The molecule has 0 heterocycles. The van der Waals surface area contributed by atoms with Gasteiger partial charge >= 0.3 is 0 Å². The summed E-state index contributed by atoms with van der Waals surface area (Å²) in [5.41, 5.74) is 2.56. The van der Waals surface area contributed by atoms with E-state index < -0.39 is 5.60 Å². The number of aliphatic hydroxyl groups excluding tert-OH is 1. The Labute approximate surface area is 172 Å². The number of rotatable bonds is 10. The molecule has 0 saturated heterocycles. The van der Waals surface area contributed by atoms with Crippen molar-refractivity contribution in [3.8, 4) is 0 Å². The molecule has 0 amide bonds. The number of unbranched alkanes of at least 4 members (excludes halogenated alkanes) is 3. The van der Waals surface area contributed by atoms with Gasteiger partial charge in [-0.3, -0.25) is 0 Å². The van der Waals surface area contributed by atoms with Crippen molar-refractivity contribution in [2.75, 3.05) is 13.2 Å². The molecule has 3 aromatic rings. The molecular weight excluding hydrogens is 368 g/mol. The van der Waals surface area contributed by atoms with Crippen LogP contribution in [0.2, 0.25) is 5.02 Å². The van der Waals surface area contributed by atoms with Crippen molar-refractivity contribution in [3.05, 3.63) is 107 Å². The van der Waals surface area contributed by atoms with E-state index in [0.29, 0.717) is 11.6 Å². The highest BCUT2D eigenvalue weighted by Crippen LogP contribution is 2.41. The van der Waals surface area contributed by atoms with Crippen LogP contribution in [0.4, 0.5) is 0 Å². The lowest BCUT2D eigenvalue weighted by Gasteiger charge is -2.36. The normalized spacial score (nSPS) is 11.5. The molecule has 0 fully saturated rings. The molecule has 0 atom stereocenters. The molecule has 0 bridgehead atoms. The topological polar surface area (TPSA) is 29.5 Å². The molecular formula is C25H27ClO2. The van der Waals surface area contributed by atoms with Crippen LogP contribution in [0.5, 0.6) is 0 Å². The Kier molecular flexibility index (Phi) is 7.67. The Morgan fingerprint density at radius 2 is 1.14 bits per heavy atom. The first-order valence-corrected chi connectivity index (χ1v) is 10.3. The average molecular weight is 395 g/mol. The van der Waals surface area contributed by atoms with Crippen molar-refractivity contribution >= 4 is 11.6 Å². The van der Waals surface area contributed by atoms with Crippen molar-refractivity contribution in [2.24, 2.45) is 0 Å². The number of halogens is 1. The number of hydrogen-bond acceptors (Lipinski definition) is 2. The molecule has 28 heavy (non-hydrogen) atoms. The van der Waals surface area contributed by atoms with E-state index in [1.54, 1.807) is 0 Å². The highest BCUT2D eigenvalue weighted by atomic mass is 35.5. The van der Waals surface area contributed by atoms with E-state index in [1.807, 2.05) is 60.7 Å². The Morgan fingerprint density at radius 3 is 1.68 bits per heavy atom. The van der Waals surface area contributed by atoms with Crippen molar-refractivity contribution in [2.45, 2.75) is 31.3 Å². The Balaban J connectivity index is 2.01. The molecule has 0 radical (unpaired) electrons. The molecule has 0 aliphatic rings. The Morgan fingerprint density at radius 1 is 0.643 bits per heavy atom. The molecule has 2 nitrogen and oxygen atoms in total. The first-order chi connectivity index (χ1) is 13.8. The van der Waals surface area contributed by atoms with Crippen molar-refractivity contribution < 1.29 is 9.84 Å². The summed E-state index contributed by atoms with van der Waals surface area (Å²) < 4.78 is 6.70. The minimum atomic E-state index is -0.690. The first-order valence-electron chi connectivity index (χ1n) is 9.89. The second-order valence-electron chi connectivity index (χ2n) is 6.91. The summed E-state index contributed by atoms with van der Waals surface area (Å²) in [6.07, 6.45) is 3.86. The highest BCUT2D eigenvalue weighted by Gasteiger charge is 2.37. The van der Waals surface area contributed by atoms with Gasteiger partial charge in [0.25, 0.3) is 0 Å². The maximum Gasteiger partial charge on any atom is 0.143 e. The fourth-order valence-corrected chi connectivity index (χ4v) is 3.70. The monoisotopic (exact) mass is 394 g/mol. The minimum Gasteiger partial charge on any atom is -0.396 e. The van der Waals surface area contributed by atoms with Gasteiger partial charge in [-0.1, -0.05) is 97.2 Å². The van der Waals surface area contributed by atoms with E-state index in [4.69, 9.17) is 21.4 Å². The maximum atomic E-state index is 8.98. The summed E-state index contributed by atoms with van der Waals surface area (Å²) >= 11 is 6.17. The summed E-state index contributed by atoms with van der Waals surface area (Å²) in [5.74, 6) is 0. The van der Waals surface area contributed by atoms with Gasteiger partial charge in [0.2, 0.25) is 0 Å². The van der Waals surface area contributed by atoms with E-state index in [9.17, 15) is 0 Å². The van der Waals surface area contributed by atoms with Gasteiger partial charge in [-0.25, -0.2) is 0 Å². The fourth-order valence-electron chi connectivity index (χ4n) is 3.57. The summed E-state index contributed by atoms with van der Waals surface area (Å²) in [5, 5.41) is 9.69. The van der Waals surface area contributed by atoms with Crippen LogP contribution >= 0.6 is 11.6 Å². The molecule has 0 aromatic heterocycles. The largest absolute Gasteiger partial charge is 0.396 e. The molecule has 0 unspecified atom stereocenters. The summed E-state index contributed by atoms with van der Waals surface area (Å²) in [7, 11) is 0. The SMILES string of the molecule is OCCCCCCOC(c1ccccc1)(c1ccccc1)c1ccc(Cl)cc1. The molecule has 0 spiro atoms. The van der Waals surface area contributed by atoms with Crippen LogP contribution in [-0.2, 0) is 10.3 Å². The quantitative estimate of drug-likeness (QED) is 0.327. The van der Waals surface area contributed by atoms with E-state index in [2.05, 4.69) is 24.3 Å². The predicted octanol–water partition coefficient (Wildman–Crippen LogP) is 6.20. The van der Waals surface area contributed by atoms with Crippen LogP contribution in [0.1, 0.15) is 42.4 Å². The Bertz CT molecular complexity index is 777. The van der Waals surface area contributed by atoms with Gasteiger partial charge in [-0.05, 0) is 41.7 Å². The maximum absolute atomic E-state index is 8.98. The zero-order valence-corrected chi connectivity index (χ0v) is 16.8. The highest BCUT2D eigenvalue weighted by molar-refractivity contribution is 6.30. The Hall–Kier alpha value is -2.13. The van der Waals surface area contributed by atoms with Gasteiger partial charge in [0.05, 0.1) is 0 Å². The summed E-state index contributed by atoms with van der Waals surface area (Å²) in [6, 6.07) is 28.7. The van der Waals surface area contributed by atoms with Crippen molar-refractivity contribution in [3.63, 3.8) is 0 Å². The van der Waals surface area contributed by atoms with Crippen LogP contribution in [0.25, 0.3) is 0 Å². The summed E-state index contributed by atoms with van der Waals surface area (Å²) in [6.45, 7) is 0.890. The van der Waals surface area contributed by atoms with Gasteiger partial charge < -0.3 is 9.84 Å². The zero-order valence-electron chi connectivity index (χ0n) is 16.1. The smallest absolute Gasteiger partial charge is 0.143 e. The molecule has 146 valence electrons. The number of ether oxygens (including phenoxy) is 1. The lowest BCUT2D eigenvalue weighted by molar-refractivity contribution is 0.0105. The van der Waals surface area contributed by atoms with E-state index in [1.165, 1.54) is 0 Å². The van der Waals surface area contributed by atoms with Crippen LogP contribution in [0.3, 0.4) is 0 Å². The lowest BCUT2D eigenvalue weighted by Crippen LogP contribution is -2.33. The number of hydrogen-bond donors (Lipinski definition) is 1. The second kappa shape index (κ2) is 10.4. The van der Waals surface area contributed by atoms with E-state index in [0.717, 1.165) is 42.4 Å². The third kappa shape index (κ3) is 4.82. The van der Waals surface area contributed by atoms with Gasteiger partial charge in [0.15, 0.2) is 0 Å². The minimum absolute atomic E-state index is 0.254. The van der Waals surface area contributed by atoms with Crippen molar-refractivity contribution in [1.29, 1.82) is 0 Å². The molecule has 3 aromatic carbocycles. The first kappa shape index (κ1) is 20.6. The lowest BCUT2D eigenvalue weighted by atomic mass is 9.80. The molecule has 1 N–H and O–H groups in total. The number of aliphatic hydroxyl groups is 1. The summed E-state index contributed by atoms with van der Waals surface area (Å²) in [4.78, 5) is 0. The van der Waals surface area contributed by atoms with Crippen LogP contribution in [0.15, 0.2) is 84.9 Å². The van der Waals surface area contributed by atoms with Gasteiger partial charge in [0, 0.05) is 18.2 Å². The zero-order chi connectivity index (χ0) is 19.7. The number of benzene rings is 3. The molecule has 0 aliphatic heterocycles. The van der Waals surface area contributed by atoms with E-state index >= 15 is 0 Å². The van der Waals surface area contributed by atoms with Crippen LogP contribution in [0, 0.1) is 0 Å². The third-order valence-electron chi connectivity index (χ3n) is 4.98. The van der Waals surface area contributed by atoms with Gasteiger partial charge in [-0.15, -0.1) is 0 Å². The average Bonchev–Trinajstić information content (AvgIpc) is 2.76. The standard InChI is InChI=1S/C25H27ClO2/c26-24-17-15-23(16-18-24)25(21-11-5-3-6-12-21,22-13-7-4-8-14-22)28-20-10-2-1-9-19-27/h3-8,11-18,27H,1-2,9-10,19-20H2. The second-order valence-corrected chi connectivity index (χ2v) is 7.34. The predicted molar refractivity (Wildman–Crippen MR) is 116 cm³/mol. The van der Waals surface area contributed by atoms with Crippen LogP contribution in [-0.4, -0.2) is 18.3 Å². The van der Waals surface area contributed by atoms with Crippen molar-refractivity contribution in [1.82, 2.24) is 0 Å². The molecule has 3 heteroatoms. The van der Waals surface area contributed by atoms with E-state index in [-0.39, 0.29) is 6.61 Å². The molecule has 0 aliphatic carbocycles. The molecule has 0 saturated carbocycles. The third-order valence-corrected chi connectivity index (χ3v) is 5.23.